The summed E-state index contributed by atoms with van der Waals surface area (Å²) in [6, 6.07) is 10.4. The van der Waals surface area contributed by atoms with E-state index >= 15 is 0 Å². The van der Waals surface area contributed by atoms with Gasteiger partial charge in [-0.1, -0.05) is 24.6 Å². The Labute approximate surface area is 191 Å². The van der Waals surface area contributed by atoms with Crippen LogP contribution in [0, 0.1) is 5.41 Å². The largest absolute Gasteiger partial charge is 0.368 e. The molecule has 1 aromatic carbocycles. The number of rotatable bonds is 4. The molecule has 0 aromatic heterocycles. The van der Waals surface area contributed by atoms with Crippen molar-refractivity contribution in [3.8, 4) is 0 Å². The van der Waals surface area contributed by atoms with Crippen LogP contribution in [0.2, 0.25) is 0 Å². The molecular weight excluding hydrogens is 477 g/mol. The Kier molecular flexibility index (Phi) is 7.65. The number of nitrogens with zero attached hydrogens (tertiary/aromatic N) is 4. The van der Waals surface area contributed by atoms with Gasteiger partial charge in [-0.3, -0.25) is 4.79 Å². The number of hydrogen-bond acceptors (Lipinski definition) is 3. The minimum absolute atomic E-state index is 0. The fourth-order valence-electron chi connectivity index (χ4n) is 4.72. The molecule has 1 amide bonds. The lowest BCUT2D eigenvalue weighted by atomic mass is 9.68. The first kappa shape index (κ1) is 22.2. The van der Waals surface area contributed by atoms with Crippen LogP contribution in [0.15, 0.2) is 35.3 Å². The van der Waals surface area contributed by atoms with Gasteiger partial charge in [-0.05, 0) is 43.7 Å². The molecule has 0 radical (unpaired) electrons. The van der Waals surface area contributed by atoms with Crippen molar-refractivity contribution >= 4 is 41.5 Å². The smallest absolute Gasteiger partial charge is 0.244 e. The molecule has 1 aromatic rings. The number of nitrogens with one attached hydrogen (secondary N) is 1. The first-order chi connectivity index (χ1) is 13.7. The molecule has 0 unspecified atom stereocenters. The first-order valence-electron chi connectivity index (χ1n) is 10.8. The van der Waals surface area contributed by atoms with Crippen LogP contribution >= 0.6 is 24.0 Å². The summed E-state index contributed by atoms with van der Waals surface area (Å²) < 4.78 is 0. The van der Waals surface area contributed by atoms with Crippen LogP contribution in [-0.4, -0.2) is 74.0 Å². The molecular formula is C22H34IN5O. The Bertz CT molecular complexity index is 698. The highest BCUT2D eigenvalue weighted by molar-refractivity contribution is 14.0. The first-order valence-corrected chi connectivity index (χ1v) is 10.8. The number of benzene rings is 1. The molecule has 1 spiro atoms. The van der Waals surface area contributed by atoms with Gasteiger partial charge < -0.3 is 20.0 Å². The average molecular weight is 511 g/mol. The summed E-state index contributed by atoms with van der Waals surface area (Å²) >= 11 is 0. The molecule has 2 heterocycles. The molecule has 160 valence electrons. The van der Waals surface area contributed by atoms with E-state index in [9.17, 15) is 4.79 Å². The highest BCUT2D eigenvalue weighted by Crippen LogP contribution is 2.47. The molecule has 0 bridgehead atoms. The number of guanidine groups is 1. The molecule has 2 aliphatic heterocycles. The van der Waals surface area contributed by atoms with Crippen LogP contribution in [-0.2, 0) is 4.79 Å². The lowest BCUT2D eigenvalue weighted by molar-refractivity contribution is -0.129. The molecule has 1 aliphatic carbocycles. The van der Waals surface area contributed by atoms with E-state index < -0.39 is 0 Å². The number of anilines is 1. The van der Waals surface area contributed by atoms with Crippen molar-refractivity contribution in [2.24, 2.45) is 10.4 Å². The Morgan fingerprint density at radius 3 is 2.34 bits per heavy atom. The fourth-order valence-corrected chi connectivity index (χ4v) is 4.72. The minimum atomic E-state index is 0. The SMILES string of the molecule is CCNC(=NCC(=O)N1CCN(c2ccccc2)CC1)N1CCC2(CCC2)C1.I. The second-order valence-electron chi connectivity index (χ2n) is 8.40. The monoisotopic (exact) mass is 511 g/mol. The van der Waals surface area contributed by atoms with E-state index in [2.05, 4.69) is 46.3 Å². The van der Waals surface area contributed by atoms with Crippen LogP contribution in [0.4, 0.5) is 5.69 Å². The number of amides is 1. The van der Waals surface area contributed by atoms with Crippen LogP contribution < -0.4 is 10.2 Å². The standard InChI is InChI=1S/C22H33N5O.HI/c1-2-23-21(27-12-11-22(18-27)9-6-10-22)24-17-20(28)26-15-13-25(14-16-26)19-7-4-3-5-8-19;/h3-5,7-8H,2,6,9-18H2,1H3,(H,23,24);1H. The number of aliphatic imine (C=N–C) groups is 1. The summed E-state index contributed by atoms with van der Waals surface area (Å²) in [5.41, 5.74) is 1.77. The van der Waals surface area contributed by atoms with Crippen LogP contribution in [0.5, 0.6) is 0 Å². The maximum Gasteiger partial charge on any atom is 0.244 e. The van der Waals surface area contributed by atoms with Gasteiger partial charge in [0.15, 0.2) is 5.96 Å². The molecule has 0 atom stereocenters. The molecule has 3 aliphatic rings. The zero-order valence-corrected chi connectivity index (χ0v) is 19.8. The van der Waals surface area contributed by atoms with Gasteiger partial charge in [-0.2, -0.15) is 0 Å². The van der Waals surface area contributed by atoms with Gasteiger partial charge in [-0.15, -0.1) is 24.0 Å². The van der Waals surface area contributed by atoms with Crippen molar-refractivity contribution in [1.82, 2.24) is 15.1 Å². The number of likely N-dealkylation sites (tertiary alicyclic amines) is 1. The summed E-state index contributed by atoms with van der Waals surface area (Å²) in [7, 11) is 0. The van der Waals surface area contributed by atoms with Gasteiger partial charge in [0.25, 0.3) is 0 Å². The summed E-state index contributed by atoms with van der Waals surface area (Å²) in [5, 5.41) is 3.39. The minimum Gasteiger partial charge on any atom is -0.368 e. The van der Waals surface area contributed by atoms with Gasteiger partial charge in [0.2, 0.25) is 5.91 Å². The topological polar surface area (TPSA) is 51.2 Å². The molecule has 29 heavy (non-hydrogen) atoms. The van der Waals surface area contributed by atoms with Gasteiger partial charge >= 0.3 is 0 Å². The number of hydrogen-bond donors (Lipinski definition) is 1. The Morgan fingerprint density at radius 2 is 1.76 bits per heavy atom. The lowest BCUT2D eigenvalue weighted by Crippen LogP contribution is -2.50. The highest BCUT2D eigenvalue weighted by Gasteiger charge is 2.43. The van der Waals surface area contributed by atoms with E-state index in [1.807, 2.05) is 11.0 Å². The van der Waals surface area contributed by atoms with Gasteiger partial charge in [-0.25, -0.2) is 4.99 Å². The molecule has 1 saturated carbocycles. The zero-order chi connectivity index (χ0) is 19.4. The van der Waals surface area contributed by atoms with Crippen molar-refractivity contribution in [1.29, 1.82) is 0 Å². The molecule has 1 N–H and O–H groups in total. The fraction of sp³-hybridized carbons (Fsp3) is 0.636. The van der Waals surface area contributed by atoms with Crippen molar-refractivity contribution in [3.63, 3.8) is 0 Å². The Morgan fingerprint density at radius 1 is 1.03 bits per heavy atom. The predicted molar refractivity (Wildman–Crippen MR) is 129 cm³/mol. The number of carbonyl (C=O) groups is 1. The second-order valence-corrected chi connectivity index (χ2v) is 8.40. The van der Waals surface area contributed by atoms with Gasteiger partial charge in [0.1, 0.15) is 6.54 Å². The maximum atomic E-state index is 12.7. The van der Waals surface area contributed by atoms with E-state index in [0.717, 1.165) is 51.8 Å². The number of carbonyl (C=O) groups excluding carboxylic acids is 1. The average Bonchev–Trinajstić information content (AvgIpc) is 3.18. The summed E-state index contributed by atoms with van der Waals surface area (Å²) in [4.78, 5) is 24.1. The van der Waals surface area contributed by atoms with Gasteiger partial charge in [0.05, 0.1) is 0 Å². The molecule has 6 nitrogen and oxygen atoms in total. The highest BCUT2D eigenvalue weighted by atomic mass is 127. The Hall–Kier alpha value is -1.51. The summed E-state index contributed by atoms with van der Waals surface area (Å²) in [5.74, 6) is 1.06. The van der Waals surface area contributed by atoms with Crippen molar-refractivity contribution in [2.45, 2.75) is 32.6 Å². The maximum absolute atomic E-state index is 12.7. The van der Waals surface area contributed by atoms with E-state index in [-0.39, 0.29) is 36.4 Å². The van der Waals surface area contributed by atoms with E-state index in [0.29, 0.717) is 5.41 Å². The molecule has 7 heteroatoms. The van der Waals surface area contributed by atoms with E-state index in [1.165, 1.54) is 31.4 Å². The zero-order valence-electron chi connectivity index (χ0n) is 17.5. The summed E-state index contributed by atoms with van der Waals surface area (Å²) in [6.07, 6.45) is 5.35. The van der Waals surface area contributed by atoms with E-state index in [1.54, 1.807) is 0 Å². The van der Waals surface area contributed by atoms with Crippen molar-refractivity contribution in [2.75, 3.05) is 57.3 Å². The number of halogens is 1. The summed E-state index contributed by atoms with van der Waals surface area (Å²) in [6.45, 7) is 8.65. The molecule has 2 saturated heterocycles. The number of para-hydroxylation sites is 1. The number of piperazine rings is 1. The van der Waals surface area contributed by atoms with Crippen molar-refractivity contribution in [3.05, 3.63) is 30.3 Å². The predicted octanol–water partition coefficient (Wildman–Crippen LogP) is 2.79. The lowest BCUT2D eigenvalue weighted by Gasteiger charge is -2.38. The van der Waals surface area contributed by atoms with Crippen LogP contribution in [0.25, 0.3) is 0 Å². The third-order valence-corrected chi connectivity index (χ3v) is 6.60. The quantitative estimate of drug-likeness (QED) is 0.384. The molecule has 3 fully saturated rings. The third-order valence-electron chi connectivity index (χ3n) is 6.60. The van der Waals surface area contributed by atoms with E-state index in [4.69, 9.17) is 4.99 Å². The Balaban J connectivity index is 0.00000240. The van der Waals surface area contributed by atoms with Gasteiger partial charge in [0, 0.05) is 51.5 Å². The van der Waals surface area contributed by atoms with Crippen LogP contribution in [0.3, 0.4) is 0 Å². The molecule has 4 rings (SSSR count). The van der Waals surface area contributed by atoms with Crippen molar-refractivity contribution < 1.29 is 4.79 Å². The normalized spacial score (nSPS) is 21.0. The second kappa shape index (κ2) is 10.00. The van der Waals surface area contributed by atoms with Crippen LogP contribution in [0.1, 0.15) is 32.6 Å². The third kappa shape index (κ3) is 5.16.